The Bertz CT molecular complexity index is 988. The third-order valence-corrected chi connectivity index (χ3v) is 6.85. The lowest BCUT2D eigenvalue weighted by Gasteiger charge is -2.25. The van der Waals surface area contributed by atoms with Crippen LogP contribution in [0.15, 0.2) is 33.7 Å². The summed E-state index contributed by atoms with van der Waals surface area (Å²) in [6.07, 6.45) is 3.24. The van der Waals surface area contributed by atoms with Crippen LogP contribution in [-0.2, 0) is 21.2 Å². The number of hydrogen-bond donors (Lipinski definition) is 0. The first-order valence-electron chi connectivity index (χ1n) is 9.60. The normalized spacial score (nSPS) is 15.2. The largest absolute Gasteiger partial charge is 0.454 e. The molecule has 0 spiro atoms. The van der Waals surface area contributed by atoms with Crippen LogP contribution in [0.25, 0.3) is 0 Å². The molecule has 9 heteroatoms. The van der Waals surface area contributed by atoms with E-state index in [1.807, 2.05) is 6.92 Å². The van der Waals surface area contributed by atoms with Crippen molar-refractivity contribution >= 4 is 21.8 Å². The summed E-state index contributed by atoms with van der Waals surface area (Å²) < 4.78 is 36.9. The summed E-state index contributed by atoms with van der Waals surface area (Å²) in [4.78, 5) is 24.7. The first-order chi connectivity index (χ1) is 13.8. The molecule has 0 aliphatic carbocycles. The van der Waals surface area contributed by atoms with Crippen molar-refractivity contribution < 1.29 is 27.3 Å². The van der Waals surface area contributed by atoms with Gasteiger partial charge in [-0.3, -0.25) is 4.79 Å². The zero-order valence-corrected chi connectivity index (χ0v) is 17.3. The van der Waals surface area contributed by atoms with E-state index in [1.165, 1.54) is 28.6 Å². The molecule has 0 saturated carbocycles. The van der Waals surface area contributed by atoms with Crippen molar-refractivity contribution in [3.63, 3.8) is 0 Å². The summed E-state index contributed by atoms with van der Waals surface area (Å²) in [5.74, 6) is -0.753. The number of rotatable bonds is 7. The number of carbonyl (C=O) groups is 2. The average Bonchev–Trinajstić information content (AvgIpc) is 3.13. The van der Waals surface area contributed by atoms with Gasteiger partial charge in [-0.15, -0.1) is 0 Å². The van der Waals surface area contributed by atoms with Gasteiger partial charge in [-0.2, -0.15) is 4.31 Å². The number of aryl methyl sites for hydroxylation is 2. The summed E-state index contributed by atoms with van der Waals surface area (Å²) in [6.45, 7) is 4.01. The Balaban J connectivity index is 1.64. The predicted octanol–water partition coefficient (Wildman–Crippen LogP) is 2.76. The summed E-state index contributed by atoms with van der Waals surface area (Å²) in [7, 11) is -3.55. The van der Waals surface area contributed by atoms with E-state index >= 15 is 0 Å². The Morgan fingerprint density at radius 2 is 1.79 bits per heavy atom. The first-order valence-corrected chi connectivity index (χ1v) is 11.0. The summed E-state index contributed by atoms with van der Waals surface area (Å²) in [5.41, 5.74) is 0.989. The van der Waals surface area contributed by atoms with Gasteiger partial charge in [0.15, 0.2) is 12.4 Å². The fourth-order valence-corrected chi connectivity index (χ4v) is 4.79. The number of benzene rings is 1. The van der Waals surface area contributed by atoms with Gasteiger partial charge in [-0.1, -0.05) is 18.5 Å². The molecular weight excluding hydrogens is 396 g/mol. The number of nitrogens with zero attached hydrogens (tertiary/aromatic N) is 2. The number of Topliss-reactive ketones (excluding diaryl/α,β-unsaturated/α-hetero) is 1. The van der Waals surface area contributed by atoms with Crippen LogP contribution in [0.2, 0.25) is 0 Å². The molecule has 0 N–H and O–H groups in total. The third-order valence-electron chi connectivity index (χ3n) is 4.94. The predicted molar refractivity (Wildman–Crippen MR) is 104 cm³/mol. The molecule has 0 bridgehead atoms. The number of esters is 1. The van der Waals surface area contributed by atoms with Gasteiger partial charge in [-0.25, -0.2) is 13.2 Å². The van der Waals surface area contributed by atoms with Crippen molar-refractivity contribution in [2.24, 2.45) is 0 Å². The molecule has 3 rings (SSSR count). The second kappa shape index (κ2) is 8.87. The standard InChI is InChI=1S/C20H24N2O6S/c1-3-17-19(14(2)28-21-17)20(24)27-13-18(23)15-7-9-16(10-8-15)29(25,26)22-11-5-4-6-12-22/h7-10H,3-6,11-13H2,1-2H3. The molecule has 0 unspecified atom stereocenters. The van der Waals surface area contributed by atoms with Crippen LogP contribution in [0.5, 0.6) is 0 Å². The molecule has 8 nitrogen and oxygen atoms in total. The van der Waals surface area contributed by atoms with Crippen LogP contribution in [0.3, 0.4) is 0 Å². The lowest BCUT2D eigenvalue weighted by molar-refractivity contribution is 0.0472. The zero-order valence-electron chi connectivity index (χ0n) is 16.5. The van der Waals surface area contributed by atoms with E-state index in [-0.39, 0.29) is 16.0 Å². The minimum Gasteiger partial charge on any atom is -0.454 e. The number of hydrogen-bond acceptors (Lipinski definition) is 7. The van der Waals surface area contributed by atoms with Crippen LogP contribution in [0, 0.1) is 6.92 Å². The summed E-state index contributed by atoms with van der Waals surface area (Å²) >= 11 is 0. The Kier molecular flexibility index (Phi) is 6.49. The van der Waals surface area contributed by atoms with E-state index in [0.29, 0.717) is 31.0 Å². The molecular formula is C20H24N2O6S. The first kappa shape index (κ1) is 21.2. The maximum atomic E-state index is 12.7. The molecule has 1 fully saturated rings. The maximum absolute atomic E-state index is 12.7. The minimum atomic E-state index is -3.55. The number of carbonyl (C=O) groups excluding carboxylic acids is 2. The average molecular weight is 420 g/mol. The van der Waals surface area contributed by atoms with Crippen LogP contribution >= 0.6 is 0 Å². The van der Waals surface area contributed by atoms with Gasteiger partial charge >= 0.3 is 5.97 Å². The van der Waals surface area contributed by atoms with Crippen molar-refractivity contribution in [3.05, 3.63) is 46.8 Å². The molecule has 1 aromatic carbocycles. The molecule has 0 amide bonds. The smallest absolute Gasteiger partial charge is 0.344 e. The van der Waals surface area contributed by atoms with Crippen molar-refractivity contribution in [2.45, 2.75) is 44.4 Å². The van der Waals surface area contributed by atoms with Gasteiger partial charge in [0.25, 0.3) is 0 Å². The van der Waals surface area contributed by atoms with Gasteiger partial charge in [0.05, 0.1) is 10.6 Å². The Morgan fingerprint density at radius 3 is 2.41 bits per heavy atom. The number of piperidine rings is 1. The quantitative estimate of drug-likeness (QED) is 0.501. The lowest BCUT2D eigenvalue weighted by atomic mass is 10.1. The topological polar surface area (TPSA) is 107 Å². The molecule has 1 aliphatic rings. The third kappa shape index (κ3) is 4.56. The van der Waals surface area contributed by atoms with E-state index in [2.05, 4.69) is 5.16 Å². The summed E-state index contributed by atoms with van der Waals surface area (Å²) in [6, 6.07) is 5.71. The van der Waals surface area contributed by atoms with Crippen LogP contribution < -0.4 is 0 Å². The number of ether oxygens (including phenoxy) is 1. The highest BCUT2D eigenvalue weighted by molar-refractivity contribution is 7.89. The molecule has 0 atom stereocenters. The molecule has 0 radical (unpaired) electrons. The Hall–Kier alpha value is -2.52. The summed E-state index contributed by atoms with van der Waals surface area (Å²) in [5, 5.41) is 3.79. The molecule has 1 aliphatic heterocycles. The second-order valence-corrected chi connectivity index (χ2v) is 8.84. The fraction of sp³-hybridized carbons (Fsp3) is 0.450. The highest BCUT2D eigenvalue weighted by Crippen LogP contribution is 2.21. The number of sulfonamides is 1. The minimum absolute atomic E-state index is 0.153. The Labute approximate surface area is 169 Å². The molecule has 29 heavy (non-hydrogen) atoms. The van der Waals surface area contributed by atoms with E-state index < -0.39 is 28.4 Å². The zero-order chi connectivity index (χ0) is 21.0. The molecule has 2 heterocycles. The molecule has 2 aromatic rings. The van der Waals surface area contributed by atoms with Gasteiger partial charge in [-0.05, 0) is 50.5 Å². The highest BCUT2D eigenvalue weighted by Gasteiger charge is 2.26. The van der Waals surface area contributed by atoms with Crippen LogP contribution in [0.4, 0.5) is 0 Å². The van der Waals surface area contributed by atoms with Crippen molar-refractivity contribution in [1.82, 2.24) is 9.46 Å². The lowest BCUT2D eigenvalue weighted by Crippen LogP contribution is -2.35. The van der Waals surface area contributed by atoms with E-state index in [0.717, 1.165) is 19.3 Å². The van der Waals surface area contributed by atoms with Gasteiger partial charge in [0.2, 0.25) is 10.0 Å². The second-order valence-electron chi connectivity index (χ2n) is 6.90. The molecule has 1 saturated heterocycles. The van der Waals surface area contributed by atoms with Crippen LogP contribution in [0.1, 0.15) is 58.4 Å². The van der Waals surface area contributed by atoms with Crippen molar-refractivity contribution in [2.75, 3.05) is 19.7 Å². The Morgan fingerprint density at radius 1 is 1.14 bits per heavy atom. The van der Waals surface area contributed by atoms with Gasteiger partial charge in [0, 0.05) is 18.7 Å². The highest BCUT2D eigenvalue weighted by atomic mass is 32.2. The fourth-order valence-electron chi connectivity index (χ4n) is 3.27. The van der Waals surface area contributed by atoms with E-state index in [1.54, 1.807) is 6.92 Å². The van der Waals surface area contributed by atoms with Crippen molar-refractivity contribution in [3.8, 4) is 0 Å². The number of aromatic nitrogens is 1. The van der Waals surface area contributed by atoms with Gasteiger partial charge in [0.1, 0.15) is 11.3 Å². The molecule has 1 aromatic heterocycles. The maximum Gasteiger partial charge on any atom is 0.344 e. The molecule has 156 valence electrons. The monoisotopic (exact) mass is 420 g/mol. The SMILES string of the molecule is CCc1noc(C)c1C(=O)OCC(=O)c1ccc(S(=O)(=O)N2CCCCC2)cc1. The van der Waals surface area contributed by atoms with Gasteiger partial charge < -0.3 is 9.26 Å². The van der Waals surface area contributed by atoms with E-state index in [4.69, 9.17) is 9.26 Å². The van der Waals surface area contributed by atoms with Crippen molar-refractivity contribution in [1.29, 1.82) is 0 Å². The van der Waals surface area contributed by atoms with E-state index in [9.17, 15) is 18.0 Å². The number of ketones is 1. The van der Waals surface area contributed by atoms with Crippen LogP contribution in [-0.4, -0.2) is 49.3 Å².